The van der Waals surface area contributed by atoms with E-state index < -0.39 is 10.8 Å². The highest BCUT2D eigenvalue weighted by Crippen LogP contribution is 2.23. The van der Waals surface area contributed by atoms with Gasteiger partial charge in [0.05, 0.1) is 18.5 Å². The Bertz CT molecular complexity index is 449. The van der Waals surface area contributed by atoms with Gasteiger partial charge in [-0.15, -0.1) is 0 Å². The highest BCUT2D eigenvalue weighted by molar-refractivity contribution is 7.85. The number of hydrogen-bond donors (Lipinski definition) is 1. The van der Waals surface area contributed by atoms with Crippen molar-refractivity contribution in [3.63, 3.8) is 0 Å². The van der Waals surface area contributed by atoms with Crippen LogP contribution >= 0.6 is 0 Å². The lowest BCUT2D eigenvalue weighted by Gasteiger charge is -2.20. The molecule has 0 amide bonds. The van der Waals surface area contributed by atoms with Gasteiger partial charge in [0.25, 0.3) is 0 Å². The fraction of sp³-hybridized carbons (Fsp3) is 0.600. The molecule has 0 bridgehead atoms. The van der Waals surface area contributed by atoms with Crippen LogP contribution in [0.15, 0.2) is 24.3 Å². The Kier molecular flexibility index (Phi) is 5.57. The molecule has 112 valence electrons. The SMILES string of the molecule is CNC(CS(=O)C1CCOC1C)c1ccc(OC)cc1. The van der Waals surface area contributed by atoms with Gasteiger partial charge in [-0.05, 0) is 38.1 Å². The molecule has 1 aromatic rings. The summed E-state index contributed by atoms with van der Waals surface area (Å²) < 4.78 is 23.2. The molecule has 1 heterocycles. The molecule has 1 aliphatic heterocycles. The minimum Gasteiger partial charge on any atom is -0.497 e. The average molecular weight is 297 g/mol. The Labute approximate surface area is 123 Å². The van der Waals surface area contributed by atoms with Crippen molar-refractivity contribution in [3.05, 3.63) is 29.8 Å². The van der Waals surface area contributed by atoms with Crippen molar-refractivity contribution in [1.29, 1.82) is 0 Å². The molecule has 4 unspecified atom stereocenters. The van der Waals surface area contributed by atoms with Crippen LogP contribution in [0.25, 0.3) is 0 Å². The second-order valence-electron chi connectivity index (χ2n) is 5.06. The zero-order valence-corrected chi connectivity index (χ0v) is 13.1. The summed E-state index contributed by atoms with van der Waals surface area (Å²) in [5.74, 6) is 1.45. The molecule has 5 heteroatoms. The molecular formula is C15H23NO3S. The van der Waals surface area contributed by atoms with Crippen molar-refractivity contribution in [3.8, 4) is 5.75 Å². The Morgan fingerprint density at radius 3 is 2.65 bits per heavy atom. The Morgan fingerprint density at radius 1 is 1.45 bits per heavy atom. The van der Waals surface area contributed by atoms with Gasteiger partial charge in [0.15, 0.2) is 0 Å². The van der Waals surface area contributed by atoms with Gasteiger partial charge in [0.2, 0.25) is 0 Å². The number of hydrogen-bond acceptors (Lipinski definition) is 4. The normalized spacial score (nSPS) is 25.4. The number of ether oxygens (including phenoxy) is 2. The van der Waals surface area contributed by atoms with E-state index in [1.54, 1.807) is 7.11 Å². The van der Waals surface area contributed by atoms with Crippen LogP contribution in [0.5, 0.6) is 5.75 Å². The third-order valence-corrected chi connectivity index (χ3v) is 5.80. The summed E-state index contributed by atoms with van der Waals surface area (Å²) in [4.78, 5) is 0. The first-order valence-corrected chi connectivity index (χ1v) is 8.34. The molecule has 1 aliphatic rings. The van der Waals surface area contributed by atoms with Gasteiger partial charge in [-0.3, -0.25) is 4.21 Å². The van der Waals surface area contributed by atoms with E-state index in [0.717, 1.165) is 24.3 Å². The molecule has 0 saturated carbocycles. The topological polar surface area (TPSA) is 47.6 Å². The smallest absolute Gasteiger partial charge is 0.118 e. The lowest BCUT2D eigenvalue weighted by Crippen LogP contribution is -2.30. The first-order chi connectivity index (χ1) is 9.65. The van der Waals surface area contributed by atoms with Crippen molar-refractivity contribution in [1.82, 2.24) is 5.32 Å². The molecule has 0 radical (unpaired) electrons. The van der Waals surface area contributed by atoms with Crippen LogP contribution < -0.4 is 10.1 Å². The molecule has 1 N–H and O–H groups in total. The molecule has 1 aromatic carbocycles. The molecule has 0 spiro atoms. The van der Waals surface area contributed by atoms with Gasteiger partial charge >= 0.3 is 0 Å². The van der Waals surface area contributed by atoms with Crippen molar-refractivity contribution < 1.29 is 13.7 Å². The van der Waals surface area contributed by atoms with E-state index in [9.17, 15) is 4.21 Å². The van der Waals surface area contributed by atoms with Crippen LogP contribution in [0.1, 0.15) is 24.9 Å². The fourth-order valence-corrected chi connectivity index (χ4v) is 4.33. The number of rotatable bonds is 6. The highest BCUT2D eigenvalue weighted by Gasteiger charge is 2.30. The zero-order valence-electron chi connectivity index (χ0n) is 12.3. The summed E-state index contributed by atoms with van der Waals surface area (Å²) in [6.07, 6.45) is 0.997. The van der Waals surface area contributed by atoms with Crippen LogP contribution in [-0.4, -0.2) is 42.1 Å². The number of benzene rings is 1. The quantitative estimate of drug-likeness (QED) is 0.871. The van der Waals surface area contributed by atoms with Gasteiger partial charge in [-0.1, -0.05) is 12.1 Å². The van der Waals surface area contributed by atoms with Gasteiger partial charge in [0, 0.05) is 29.2 Å². The maximum absolute atomic E-state index is 12.5. The molecule has 4 nitrogen and oxygen atoms in total. The molecule has 1 saturated heterocycles. The van der Waals surface area contributed by atoms with E-state index in [-0.39, 0.29) is 17.4 Å². The lowest BCUT2D eigenvalue weighted by atomic mass is 10.1. The molecule has 0 aromatic heterocycles. The Morgan fingerprint density at radius 2 is 2.15 bits per heavy atom. The molecule has 0 aliphatic carbocycles. The lowest BCUT2D eigenvalue weighted by molar-refractivity contribution is 0.127. The van der Waals surface area contributed by atoms with E-state index in [2.05, 4.69) is 5.32 Å². The summed E-state index contributed by atoms with van der Waals surface area (Å²) in [7, 11) is 2.68. The third kappa shape index (κ3) is 3.59. The molecule has 2 rings (SSSR count). The number of nitrogens with one attached hydrogen (secondary N) is 1. The molecule has 4 atom stereocenters. The predicted molar refractivity (Wildman–Crippen MR) is 81.6 cm³/mol. The molecular weight excluding hydrogens is 274 g/mol. The van der Waals surface area contributed by atoms with Crippen molar-refractivity contribution in [2.75, 3.05) is 26.5 Å². The van der Waals surface area contributed by atoms with Gasteiger partial charge in [-0.2, -0.15) is 0 Å². The van der Waals surface area contributed by atoms with E-state index >= 15 is 0 Å². The molecule has 20 heavy (non-hydrogen) atoms. The minimum atomic E-state index is -0.882. The van der Waals surface area contributed by atoms with Gasteiger partial charge in [-0.25, -0.2) is 0 Å². The number of methoxy groups -OCH3 is 1. The average Bonchev–Trinajstić information content (AvgIpc) is 2.91. The van der Waals surface area contributed by atoms with Crippen molar-refractivity contribution >= 4 is 10.8 Å². The van der Waals surface area contributed by atoms with Gasteiger partial charge < -0.3 is 14.8 Å². The summed E-state index contributed by atoms with van der Waals surface area (Å²) in [5, 5.41) is 3.41. The summed E-state index contributed by atoms with van der Waals surface area (Å²) in [5.41, 5.74) is 1.13. The first-order valence-electron chi connectivity index (χ1n) is 6.95. The zero-order chi connectivity index (χ0) is 14.5. The second kappa shape index (κ2) is 7.20. The first kappa shape index (κ1) is 15.5. The van der Waals surface area contributed by atoms with Crippen LogP contribution in [0, 0.1) is 0 Å². The van der Waals surface area contributed by atoms with E-state index in [1.165, 1.54) is 0 Å². The maximum Gasteiger partial charge on any atom is 0.118 e. The maximum atomic E-state index is 12.5. The largest absolute Gasteiger partial charge is 0.497 e. The second-order valence-corrected chi connectivity index (χ2v) is 6.77. The van der Waals surface area contributed by atoms with E-state index in [4.69, 9.17) is 9.47 Å². The predicted octanol–water partition coefficient (Wildman–Crippen LogP) is 1.88. The van der Waals surface area contributed by atoms with Crippen LogP contribution in [0.3, 0.4) is 0 Å². The fourth-order valence-electron chi connectivity index (χ4n) is 2.53. The van der Waals surface area contributed by atoms with Crippen molar-refractivity contribution in [2.45, 2.75) is 30.7 Å². The highest BCUT2D eigenvalue weighted by atomic mass is 32.2. The Balaban J connectivity index is 2.02. The standard InChI is InChI=1S/C15H23NO3S/c1-11-15(8-9-19-11)20(17)10-14(16-2)12-4-6-13(18-3)7-5-12/h4-7,11,14-16H,8-10H2,1-3H3. The van der Waals surface area contributed by atoms with Crippen LogP contribution in [-0.2, 0) is 15.5 Å². The summed E-state index contributed by atoms with van der Waals surface area (Å²) in [6.45, 7) is 2.74. The third-order valence-electron chi connectivity index (χ3n) is 3.84. The van der Waals surface area contributed by atoms with Crippen LogP contribution in [0.2, 0.25) is 0 Å². The monoisotopic (exact) mass is 297 g/mol. The summed E-state index contributed by atoms with van der Waals surface area (Å²) in [6, 6.07) is 8.00. The summed E-state index contributed by atoms with van der Waals surface area (Å²) >= 11 is 0. The van der Waals surface area contributed by atoms with Crippen LogP contribution in [0.4, 0.5) is 0 Å². The van der Waals surface area contributed by atoms with Gasteiger partial charge in [0.1, 0.15) is 5.75 Å². The van der Waals surface area contributed by atoms with E-state index in [1.807, 2.05) is 38.2 Å². The molecule has 1 fully saturated rings. The van der Waals surface area contributed by atoms with E-state index in [0.29, 0.717) is 5.75 Å². The Hall–Kier alpha value is -0.910. The van der Waals surface area contributed by atoms with Crippen molar-refractivity contribution in [2.24, 2.45) is 0 Å². The minimum absolute atomic E-state index is 0.0922.